The predicted octanol–water partition coefficient (Wildman–Crippen LogP) is 2.06. The van der Waals surface area contributed by atoms with E-state index in [0.717, 1.165) is 5.56 Å². The van der Waals surface area contributed by atoms with E-state index in [2.05, 4.69) is 15.4 Å². The summed E-state index contributed by atoms with van der Waals surface area (Å²) in [4.78, 5) is 27.8. The van der Waals surface area contributed by atoms with Crippen molar-refractivity contribution < 1.29 is 14.5 Å². The van der Waals surface area contributed by atoms with E-state index >= 15 is 0 Å². The van der Waals surface area contributed by atoms with Crippen LogP contribution in [-0.4, -0.2) is 37.3 Å². The van der Waals surface area contributed by atoms with Gasteiger partial charge in [-0.3, -0.25) is 19.6 Å². The Bertz CT molecular complexity index is 1040. The van der Waals surface area contributed by atoms with E-state index in [1.807, 2.05) is 35.9 Å². The van der Waals surface area contributed by atoms with Crippen molar-refractivity contribution in [3.8, 4) is 5.75 Å². The van der Waals surface area contributed by atoms with Gasteiger partial charge in [0.2, 0.25) is 5.91 Å². The number of nitro groups is 1. The van der Waals surface area contributed by atoms with E-state index in [4.69, 9.17) is 4.74 Å². The van der Waals surface area contributed by atoms with Crippen molar-refractivity contribution in [3.05, 3.63) is 69.5 Å². The molecule has 0 bridgehead atoms. The van der Waals surface area contributed by atoms with E-state index in [0.29, 0.717) is 17.3 Å². The smallest absolute Gasteiger partial charge is 0.312 e. The molecule has 1 aromatic carbocycles. The first kappa shape index (κ1) is 20.1. The maximum atomic E-state index is 12.8. The highest BCUT2D eigenvalue weighted by Crippen LogP contribution is 2.24. The van der Waals surface area contributed by atoms with Crippen LogP contribution in [0.15, 0.2) is 36.7 Å². The lowest BCUT2D eigenvalue weighted by Gasteiger charge is -2.19. The molecule has 1 amide bonds. The predicted molar refractivity (Wildman–Crippen MR) is 105 cm³/mol. The number of aryl methyl sites for hydroxylation is 2. The number of methoxy groups -OCH3 is 1. The lowest BCUT2D eigenvalue weighted by atomic mass is 10.1. The number of carbonyl (C=O) groups excluding carboxylic acids is 1. The summed E-state index contributed by atoms with van der Waals surface area (Å²) >= 11 is 0. The number of benzene rings is 1. The van der Waals surface area contributed by atoms with Crippen LogP contribution < -0.4 is 10.1 Å². The number of ether oxygens (including phenoxy) is 1. The molecule has 0 radical (unpaired) electrons. The summed E-state index contributed by atoms with van der Waals surface area (Å²) in [5.41, 5.74) is 1.36. The minimum atomic E-state index is -0.500. The van der Waals surface area contributed by atoms with Gasteiger partial charge in [-0.15, -0.1) is 0 Å². The second kappa shape index (κ2) is 8.13. The molecule has 0 saturated carbocycles. The van der Waals surface area contributed by atoms with Crippen molar-refractivity contribution in [1.82, 2.24) is 24.6 Å². The van der Waals surface area contributed by atoms with E-state index in [9.17, 15) is 14.9 Å². The number of imidazole rings is 1. The molecule has 0 aliphatic carbocycles. The highest BCUT2D eigenvalue weighted by Gasteiger charge is 2.25. The molecule has 2 aromatic heterocycles. The van der Waals surface area contributed by atoms with Gasteiger partial charge in [-0.25, -0.2) is 4.98 Å². The summed E-state index contributed by atoms with van der Waals surface area (Å²) in [6, 6.07) is 6.82. The fourth-order valence-electron chi connectivity index (χ4n) is 3.20. The highest BCUT2D eigenvalue weighted by atomic mass is 16.6. The summed E-state index contributed by atoms with van der Waals surface area (Å²) in [6.07, 6.45) is 3.45. The molecule has 3 aromatic rings. The van der Waals surface area contributed by atoms with Gasteiger partial charge in [-0.05, 0) is 31.5 Å². The van der Waals surface area contributed by atoms with Gasteiger partial charge in [0.15, 0.2) is 0 Å². The summed E-state index contributed by atoms with van der Waals surface area (Å²) < 4.78 is 8.36. The van der Waals surface area contributed by atoms with E-state index in [1.54, 1.807) is 33.4 Å². The van der Waals surface area contributed by atoms with Crippen molar-refractivity contribution >= 4 is 11.6 Å². The number of hydrogen-bond acceptors (Lipinski definition) is 6. The number of amides is 1. The van der Waals surface area contributed by atoms with Gasteiger partial charge >= 0.3 is 5.69 Å². The Morgan fingerprint density at radius 3 is 2.52 bits per heavy atom. The zero-order chi connectivity index (χ0) is 21.1. The second-order valence-electron chi connectivity index (χ2n) is 6.60. The highest BCUT2D eigenvalue weighted by molar-refractivity contribution is 5.76. The molecule has 29 heavy (non-hydrogen) atoms. The van der Waals surface area contributed by atoms with E-state index in [1.165, 1.54) is 4.68 Å². The molecule has 10 heteroatoms. The molecule has 152 valence electrons. The van der Waals surface area contributed by atoms with Crippen LogP contribution in [0.25, 0.3) is 0 Å². The van der Waals surface area contributed by atoms with Gasteiger partial charge in [-0.2, -0.15) is 5.10 Å². The van der Waals surface area contributed by atoms with Crippen LogP contribution >= 0.6 is 0 Å². The van der Waals surface area contributed by atoms with Gasteiger partial charge < -0.3 is 14.6 Å². The average Bonchev–Trinajstić information content (AvgIpc) is 3.22. The third-order valence-electron chi connectivity index (χ3n) is 4.69. The summed E-state index contributed by atoms with van der Waals surface area (Å²) in [5, 5.41) is 18.3. The van der Waals surface area contributed by atoms with Gasteiger partial charge in [0.1, 0.15) is 35.5 Å². The number of nitrogens with one attached hydrogen (secondary N) is 1. The Balaban J connectivity index is 1.86. The quantitative estimate of drug-likeness (QED) is 0.481. The van der Waals surface area contributed by atoms with Crippen LogP contribution in [0.1, 0.15) is 28.8 Å². The third kappa shape index (κ3) is 4.10. The lowest BCUT2D eigenvalue weighted by Crippen LogP contribution is -2.34. The maximum absolute atomic E-state index is 12.8. The monoisotopic (exact) mass is 398 g/mol. The van der Waals surface area contributed by atoms with Crippen LogP contribution in [0, 0.1) is 24.0 Å². The standard InChI is InChI=1S/C19H22N6O4/c1-12-18(25(27)28)13(2)24(22-12)11-16(26)21-17(19-20-9-10-23(19)3)14-5-7-15(29-4)8-6-14/h5-10,17H,11H2,1-4H3,(H,21,26). The molecular weight excluding hydrogens is 376 g/mol. The number of aromatic nitrogens is 4. The van der Waals surface area contributed by atoms with Crippen LogP contribution in [0.4, 0.5) is 5.69 Å². The Kier molecular flexibility index (Phi) is 5.62. The molecule has 0 fully saturated rings. The summed E-state index contributed by atoms with van der Waals surface area (Å²) in [6.45, 7) is 2.98. The lowest BCUT2D eigenvalue weighted by molar-refractivity contribution is -0.386. The number of hydrogen-bond donors (Lipinski definition) is 1. The van der Waals surface area contributed by atoms with Crippen LogP contribution in [0.3, 0.4) is 0 Å². The molecule has 1 N–H and O–H groups in total. The first-order chi connectivity index (χ1) is 13.8. The van der Waals surface area contributed by atoms with Crippen LogP contribution in [0.5, 0.6) is 5.75 Å². The first-order valence-corrected chi connectivity index (χ1v) is 8.90. The molecule has 0 spiro atoms. The van der Waals surface area contributed by atoms with Crippen LogP contribution in [0.2, 0.25) is 0 Å². The second-order valence-corrected chi connectivity index (χ2v) is 6.60. The van der Waals surface area contributed by atoms with E-state index in [-0.39, 0.29) is 23.8 Å². The van der Waals surface area contributed by atoms with Crippen molar-refractivity contribution in [2.24, 2.45) is 7.05 Å². The van der Waals surface area contributed by atoms with Crippen LogP contribution in [-0.2, 0) is 18.4 Å². The van der Waals surface area contributed by atoms with Crippen molar-refractivity contribution in [2.75, 3.05) is 7.11 Å². The zero-order valence-corrected chi connectivity index (χ0v) is 16.6. The molecule has 0 saturated heterocycles. The molecule has 0 aliphatic rings. The van der Waals surface area contributed by atoms with E-state index < -0.39 is 11.0 Å². The normalized spacial score (nSPS) is 11.9. The maximum Gasteiger partial charge on any atom is 0.312 e. The molecule has 3 rings (SSSR count). The summed E-state index contributed by atoms with van der Waals surface area (Å²) in [5.74, 6) is 1.02. The Labute approximate surface area is 167 Å². The minimum absolute atomic E-state index is 0.0754. The van der Waals surface area contributed by atoms with Gasteiger partial charge in [0.05, 0.1) is 12.0 Å². The molecule has 10 nitrogen and oxygen atoms in total. The minimum Gasteiger partial charge on any atom is -0.497 e. The summed E-state index contributed by atoms with van der Waals surface area (Å²) in [7, 11) is 3.43. The fourth-order valence-corrected chi connectivity index (χ4v) is 3.20. The Hall–Kier alpha value is -3.69. The molecular formula is C19H22N6O4. The fraction of sp³-hybridized carbons (Fsp3) is 0.316. The van der Waals surface area contributed by atoms with Crippen molar-refractivity contribution in [3.63, 3.8) is 0 Å². The van der Waals surface area contributed by atoms with Crippen molar-refractivity contribution in [2.45, 2.75) is 26.4 Å². The number of carbonyl (C=O) groups is 1. The molecule has 1 atom stereocenters. The SMILES string of the molecule is COc1ccc(C(NC(=O)Cn2nc(C)c([N+](=O)[O-])c2C)c2nccn2C)cc1. The Morgan fingerprint density at radius 1 is 1.31 bits per heavy atom. The Morgan fingerprint density at radius 2 is 2.00 bits per heavy atom. The number of nitrogens with zero attached hydrogens (tertiary/aromatic N) is 5. The largest absolute Gasteiger partial charge is 0.497 e. The molecule has 1 unspecified atom stereocenters. The van der Waals surface area contributed by atoms with Gasteiger partial charge in [0, 0.05) is 19.4 Å². The zero-order valence-electron chi connectivity index (χ0n) is 16.6. The molecule has 2 heterocycles. The average molecular weight is 398 g/mol. The van der Waals surface area contributed by atoms with Gasteiger partial charge in [-0.1, -0.05) is 12.1 Å². The first-order valence-electron chi connectivity index (χ1n) is 8.90. The molecule has 0 aliphatic heterocycles. The van der Waals surface area contributed by atoms with Gasteiger partial charge in [0.25, 0.3) is 0 Å². The number of rotatable bonds is 7. The topological polar surface area (TPSA) is 117 Å². The third-order valence-corrected chi connectivity index (χ3v) is 4.69. The van der Waals surface area contributed by atoms with Crippen molar-refractivity contribution in [1.29, 1.82) is 0 Å².